The molecule has 1 aliphatic rings. The fraction of sp³-hybridized carbons (Fsp3) is 0.512. The minimum Gasteiger partial charge on any atom is -0.444 e. The molecule has 1 aliphatic heterocycles. The van der Waals surface area contributed by atoms with Gasteiger partial charge in [-0.25, -0.2) is 9.78 Å². The van der Waals surface area contributed by atoms with Crippen LogP contribution in [0.1, 0.15) is 103 Å². The van der Waals surface area contributed by atoms with Crippen LogP contribution in [0, 0.1) is 12.3 Å². The largest absolute Gasteiger partial charge is 0.444 e. The molecule has 15 nitrogen and oxygen atoms in total. The third-order valence-electron chi connectivity index (χ3n) is 9.81. The molecule has 3 aromatic rings. The molecule has 7 N–H and O–H groups in total. The number of nitrogens with one attached hydrogen (secondary N) is 4. The Hall–Kier alpha value is -5.35. The molecule has 1 fully saturated rings. The van der Waals surface area contributed by atoms with Crippen molar-refractivity contribution in [3.8, 4) is 10.4 Å². The number of hydrogen-bond donors (Lipinski definition) is 6. The van der Waals surface area contributed by atoms with Crippen molar-refractivity contribution in [2.24, 2.45) is 11.1 Å². The highest BCUT2D eigenvalue weighted by molar-refractivity contribution is 7.13. The van der Waals surface area contributed by atoms with Crippen molar-refractivity contribution < 1.29 is 38.6 Å². The zero-order valence-electron chi connectivity index (χ0n) is 35.2. The van der Waals surface area contributed by atoms with Crippen LogP contribution in [0.3, 0.4) is 0 Å². The Morgan fingerprint density at radius 1 is 0.983 bits per heavy atom. The molecule has 0 radical (unpaired) electrons. The van der Waals surface area contributed by atoms with Crippen molar-refractivity contribution in [1.29, 1.82) is 0 Å². The molecule has 2 aromatic carbocycles. The molecule has 2 heterocycles. The molecule has 0 saturated carbocycles. The van der Waals surface area contributed by atoms with E-state index in [1.165, 1.54) is 4.90 Å². The molecule has 6 amide bonds. The predicted octanol–water partition coefficient (Wildman–Crippen LogP) is 4.91. The van der Waals surface area contributed by atoms with Crippen LogP contribution in [0.5, 0.6) is 0 Å². The van der Waals surface area contributed by atoms with Crippen molar-refractivity contribution in [3.63, 3.8) is 0 Å². The Morgan fingerprint density at radius 3 is 2.29 bits per heavy atom. The SMILES string of the molecule is Cc1ncsc1-c1ccc(C(C)NC(=O)[C@@H]2C[C@@H](O)CN2C(=O)C(NC(=O)CCCc2cccc(NC(=O)C(CCC(N)=O)NC(=O)OC(C)(C)C)c2)C(C)(C)C)cc1. The standard InChI is InChI=1S/C43H59N7O8S/c1-25(28-15-17-29(18-16-28)36-26(2)45-24-59-36)46-39(55)33-22-31(51)23-50(33)40(56)37(42(3,4)5)49-35(53)14-10-12-27-11-9-13-30(21-27)47-38(54)32(19-20-34(44)52)48-41(57)58-43(6,7)8/h9,11,13,15-18,21,24-25,31-33,37,51H,10,12,14,19-20,22-23H2,1-8H3,(H2,44,52)(H,46,55)(H,47,54)(H,48,57)(H,49,53)/t25?,31-,32?,33+,37?/m1/s1. The number of nitrogens with zero attached hydrogens (tertiary/aromatic N) is 2. The van der Waals surface area contributed by atoms with Gasteiger partial charge in [0.25, 0.3) is 0 Å². The quantitative estimate of drug-likeness (QED) is 0.115. The van der Waals surface area contributed by atoms with E-state index in [1.54, 1.807) is 55.8 Å². The molecule has 4 rings (SSSR count). The van der Waals surface area contributed by atoms with E-state index < -0.39 is 59.1 Å². The van der Waals surface area contributed by atoms with E-state index >= 15 is 0 Å². The van der Waals surface area contributed by atoms with Gasteiger partial charge in [0, 0.05) is 31.5 Å². The lowest BCUT2D eigenvalue weighted by Gasteiger charge is -2.35. The van der Waals surface area contributed by atoms with Gasteiger partial charge in [-0.15, -0.1) is 11.3 Å². The van der Waals surface area contributed by atoms with Crippen LogP contribution in [-0.2, 0) is 35.1 Å². The van der Waals surface area contributed by atoms with Crippen LogP contribution in [0.4, 0.5) is 10.5 Å². The summed E-state index contributed by atoms with van der Waals surface area (Å²) in [5, 5.41) is 21.8. The van der Waals surface area contributed by atoms with Crippen molar-refractivity contribution in [3.05, 3.63) is 70.9 Å². The van der Waals surface area contributed by atoms with Gasteiger partial charge in [-0.05, 0) is 88.1 Å². The maximum absolute atomic E-state index is 14.1. The van der Waals surface area contributed by atoms with Crippen LogP contribution in [0.2, 0.25) is 0 Å². The number of benzene rings is 2. The molecule has 320 valence electrons. The normalized spacial score (nSPS) is 17.0. The molecule has 1 saturated heterocycles. The number of ether oxygens (including phenoxy) is 1. The monoisotopic (exact) mass is 833 g/mol. The van der Waals surface area contributed by atoms with Crippen LogP contribution in [0.25, 0.3) is 10.4 Å². The number of β-amino-alcohol motifs (C(OH)–C–C–N with tert-alkyl or cyclic N) is 1. The highest BCUT2D eigenvalue weighted by Gasteiger charge is 2.44. The zero-order chi connectivity index (χ0) is 43.7. The summed E-state index contributed by atoms with van der Waals surface area (Å²) in [7, 11) is 0. The molecule has 59 heavy (non-hydrogen) atoms. The molecule has 0 aliphatic carbocycles. The first-order chi connectivity index (χ1) is 27.6. The summed E-state index contributed by atoms with van der Waals surface area (Å²) in [6, 6.07) is 11.6. The summed E-state index contributed by atoms with van der Waals surface area (Å²) in [6.07, 6.45) is -0.793. The number of nitrogens with two attached hydrogens (primary N) is 1. The van der Waals surface area contributed by atoms with Gasteiger partial charge in [0.05, 0.1) is 28.2 Å². The number of hydrogen-bond acceptors (Lipinski definition) is 10. The fourth-order valence-corrected chi connectivity index (χ4v) is 7.55. The number of primary amides is 1. The third kappa shape index (κ3) is 13.9. The van der Waals surface area contributed by atoms with Crippen LogP contribution in [0.15, 0.2) is 54.0 Å². The number of anilines is 1. The minimum absolute atomic E-state index is 0.0251. The molecule has 16 heteroatoms. The van der Waals surface area contributed by atoms with E-state index in [-0.39, 0.29) is 50.1 Å². The first kappa shape index (κ1) is 46.3. The maximum Gasteiger partial charge on any atom is 0.408 e. The summed E-state index contributed by atoms with van der Waals surface area (Å²) in [4.78, 5) is 84.8. The van der Waals surface area contributed by atoms with Gasteiger partial charge in [0.15, 0.2) is 0 Å². The second-order valence-electron chi connectivity index (χ2n) is 17.1. The first-order valence-corrected chi connectivity index (χ1v) is 20.8. The lowest BCUT2D eigenvalue weighted by molar-refractivity contribution is -0.144. The Kier molecular flexibility index (Phi) is 15.8. The maximum atomic E-state index is 14.1. The van der Waals surface area contributed by atoms with E-state index in [1.807, 2.05) is 65.0 Å². The van der Waals surface area contributed by atoms with Gasteiger partial charge in [-0.2, -0.15) is 0 Å². The zero-order valence-corrected chi connectivity index (χ0v) is 36.0. The summed E-state index contributed by atoms with van der Waals surface area (Å²) < 4.78 is 5.27. The van der Waals surface area contributed by atoms with Gasteiger partial charge in [-0.1, -0.05) is 57.2 Å². The van der Waals surface area contributed by atoms with Gasteiger partial charge >= 0.3 is 6.09 Å². The molecular formula is C43H59N7O8S. The molecule has 3 unspecified atom stereocenters. The highest BCUT2D eigenvalue weighted by atomic mass is 32.1. The van der Waals surface area contributed by atoms with Gasteiger partial charge < -0.3 is 41.7 Å². The Bertz CT molecular complexity index is 1970. The Labute approximate surface area is 350 Å². The number of carbonyl (C=O) groups excluding carboxylic acids is 6. The number of aryl methyl sites for hydroxylation is 2. The number of thiazole rings is 1. The van der Waals surface area contributed by atoms with Crippen molar-refractivity contribution in [1.82, 2.24) is 25.8 Å². The van der Waals surface area contributed by atoms with Gasteiger partial charge in [0.1, 0.15) is 23.7 Å². The van der Waals surface area contributed by atoms with E-state index in [0.29, 0.717) is 18.5 Å². The van der Waals surface area contributed by atoms with Gasteiger partial charge in [-0.3, -0.25) is 24.0 Å². The molecule has 5 atom stereocenters. The minimum atomic E-state index is -1.08. The Balaban J connectivity index is 1.33. The van der Waals surface area contributed by atoms with Crippen molar-refractivity contribution in [2.75, 3.05) is 11.9 Å². The molecular weight excluding hydrogens is 775 g/mol. The summed E-state index contributed by atoms with van der Waals surface area (Å²) in [5.74, 6) is -2.36. The summed E-state index contributed by atoms with van der Waals surface area (Å²) in [6.45, 7) is 14.4. The Morgan fingerprint density at radius 2 is 1.68 bits per heavy atom. The van der Waals surface area contributed by atoms with E-state index in [0.717, 1.165) is 27.3 Å². The molecule has 0 bridgehead atoms. The number of carbonyl (C=O) groups is 6. The fourth-order valence-electron chi connectivity index (χ4n) is 6.74. The number of aliphatic hydroxyl groups excluding tert-OH is 1. The van der Waals surface area contributed by atoms with Crippen molar-refractivity contribution >= 4 is 52.7 Å². The lowest BCUT2D eigenvalue weighted by atomic mass is 9.85. The van der Waals surface area contributed by atoms with E-state index in [2.05, 4.69) is 26.3 Å². The first-order valence-electron chi connectivity index (χ1n) is 19.9. The topological polar surface area (TPSA) is 222 Å². The molecule has 1 aromatic heterocycles. The van der Waals surface area contributed by atoms with Crippen molar-refractivity contribution in [2.45, 2.75) is 130 Å². The third-order valence-corrected chi connectivity index (χ3v) is 10.8. The number of rotatable bonds is 16. The summed E-state index contributed by atoms with van der Waals surface area (Å²) in [5.41, 5.74) is 9.73. The number of alkyl carbamates (subject to hydrolysis) is 1. The van der Waals surface area contributed by atoms with Crippen LogP contribution in [-0.4, -0.2) is 87.0 Å². The smallest absolute Gasteiger partial charge is 0.408 e. The van der Waals surface area contributed by atoms with Crippen LogP contribution >= 0.6 is 11.3 Å². The van der Waals surface area contributed by atoms with Gasteiger partial charge in [0.2, 0.25) is 29.5 Å². The second kappa shape index (κ2) is 20.1. The number of aromatic nitrogens is 1. The summed E-state index contributed by atoms with van der Waals surface area (Å²) >= 11 is 1.56. The second-order valence-corrected chi connectivity index (χ2v) is 18.0. The van der Waals surface area contributed by atoms with Crippen LogP contribution < -0.4 is 27.0 Å². The lowest BCUT2D eigenvalue weighted by Crippen LogP contribution is -2.57. The van der Waals surface area contributed by atoms with E-state index in [4.69, 9.17) is 10.5 Å². The average molecular weight is 834 g/mol. The number of likely N-dealkylation sites (tertiary alicyclic amines) is 1. The average Bonchev–Trinajstić information content (AvgIpc) is 3.76. The highest BCUT2D eigenvalue weighted by Crippen LogP contribution is 2.30. The number of aliphatic hydroxyl groups is 1. The molecule has 0 spiro atoms. The predicted molar refractivity (Wildman–Crippen MR) is 226 cm³/mol. The number of amides is 6. The van der Waals surface area contributed by atoms with E-state index in [9.17, 15) is 33.9 Å².